The number of ether oxygens (including phenoxy) is 1. The van der Waals surface area contributed by atoms with Crippen molar-refractivity contribution in [1.82, 2.24) is 4.90 Å². The number of halogens is 1. The third kappa shape index (κ3) is 1.71. The molecule has 0 saturated heterocycles. The summed E-state index contributed by atoms with van der Waals surface area (Å²) >= 11 is 6.09. The van der Waals surface area contributed by atoms with Gasteiger partial charge in [0.2, 0.25) is 0 Å². The minimum absolute atomic E-state index is 0.253. The second-order valence-electron chi connectivity index (χ2n) is 5.81. The Balaban J connectivity index is 1.81. The van der Waals surface area contributed by atoms with Gasteiger partial charge in [-0.15, -0.1) is 0 Å². The lowest BCUT2D eigenvalue weighted by Crippen LogP contribution is -2.49. The highest BCUT2D eigenvalue weighted by Crippen LogP contribution is 2.46. The summed E-state index contributed by atoms with van der Waals surface area (Å²) in [6, 6.07) is 5.97. The summed E-state index contributed by atoms with van der Waals surface area (Å²) in [5, 5.41) is 0.734. The molecular formula is C17H16ClNO. The monoisotopic (exact) mass is 285 g/mol. The molecule has 0 N–H and O–H groups in total. The fraction of sp³-hybridized carbons (Fsp3) is 0.294. The fourth-order valence-corrected chi connectivity index (χ4v) is 3.67. The molecule has 4 rings (SSSR count). The normalized spacial score (nSPS) is 26.8. The molecule has 1 aromatic rings. The van der Waals surface area contributed by atoms with Crippen LogP contribution in [0.15, 0.2) is 53.8 Å². The van der Waals surface area contributed by atoms with Gasteiger partial charge in [-0.2, -0.15) is 0 Å². The summed E-state index contributed by atoms with van der Waals surface area (Å²) in [4.78, 5) is 2.24. The Morgan fingerprint density at radius 2 is 2.25 bits per heavy atom. The van der Waals surface area contributed by atoms with Crippen molar-refractivity contribution in [2.45, 2.75) is 18.4 Å². The number of allylic oxidation sites excluding steroid dienone is 3. The highest BCUT2D eigenvalue weighted by molar-refractivity contribution is 6.30. The van der Waals surface area contributed by atoms with Gasteiger partial charge in [0.05, 0.1) is 6.54 Å². The summed E-state index contributed by atoms with van der Waals surface area (Å²) < 4.78 is 6.39. The van der Waals surface area contributed by atoms with E-state index in [-0.39, 0.29) is 5.60 Å². The van der Waals surface area contributed by atoms with E-state index in [0.29, 0.717) is 0 Å². The lowest BCUT2D eigenvalue weighted by molar-refractivity contribution is 0.0988. The first-order valence-electron chi connectivity index (χ1n) is 6.92. The molecule has 0 aromatic heterocycles. The smallest absolute Gasteiger partial charge is 0.156 e. The molecule has 1 spiro atoms. The molecule has 1 aliphatic carbocycles. The van der Waals surface area contributed by atoms with Gasteiger partial charge in [-0.25, -0.2) is 0 Å². The van der Waals surface area contributed by atoms with Crippen LogP contribution in [-0.2, 0) is 6.42 Å². The zero-order chi connectivity index (χ0) is 13.7. The number of nitrogens with zero attached hydrogens (tertiary/aromatic N) is 1. The Kier molecular flexibility index (Phi) is 2.52. The maximum atomic E-state index is 6.39. The zero-order valence-electron chi connectivity index (χ0n) is 11.4. The molecule has 2 heterocycles. The average molecular weight is 286 g/mol. The number of likely N-dealkylation sites (N-methyl/N-ethyl adjacent to an activating group) is 1. The molecule has 1 atom stereocenters. The van der Waals surface area contributed by atoms with Crippen LogP contribution in [0.25, 0.3) is 0 Å². The van der Waals surface area contributed by atoms with E-state index >= 15 is 0 Å². The maximum absolute atomic E-state index is 6.39. The third-order valence-electron chi connectivity index (χ3n) is 4.27. The van der Waals surface area contributed by atoms with Gasteiger partial charge in [-0.05, 0) is 29.7 Å². The predicted molar refractivity (Wildman–Crippen MR) is 81.1 cm³/mol. The van der Waals surface area contributed by atoms with Crippen LogP contribution in [0.2, 0.25) is 5.02 Å². The molecular weight excluding hydrogens is 270 g/mol. The van der Waals surface area contributed by atoms with Gasteiger partial charge in [-0.1, -0.05) is 35.9 Å². The highest BCUT2D eigenvalue weighted by Gasteiger charge is 2.46. The third-order valence-corrected chi connectivity index (χ3v) is 4.50. The predicted octanol–water partition coefficient (Wildman–Crippen LogP) is 3.73. The Labute approximate surface area is 124 Å². The summed E-state index contributed by atoms with van der Waals surface area (Å²) in [5.74, 6) is 0.933. The van der Waals surface area contributed by atoms with Crippen molar-refractivity contribution in [1.29, 1.82) is 0 Å². The average Bonchev–Trinajstić information content (AvgIpc) is 2.76. The molecule has 2 aliphatic heterocycles. The topological polar surface area (TPSA) is 12.5 Å². The van der Waals surface area contributed by atoms with Crippen LogP contribution in [0.4, 0.5) is 0 Å². The molecule has 0 radical (unpaired) electrons. The largest absolute Gasteiger partial charge is 0.480 e. The van der Waals surface area contributed by atoms with Crippen LogP contribution in [0, 0.1) is 0 Å². The van der Waals surface area contributed by atoms with Crippen LogP contribution in [0.1, 0.15) is 12.0 Å². The molecule has 102 valence electrons. The molecule has 1 unspecified atom stereocenters. The van der Waals surface area contributed by atoms with Gasteiger partial charge < -0.3 is 9.64 Å². The molecule has 20 heavy (non-hydrogen) atoms. The fourth-order valence-electron chi connectivity index (χ4n) is 3.50. The lowest BCUT2D eigenvalue weighted by atomic mass is 9.79. The molecule has 3 aliphatic rings. The van der Waals surface area contributed by atoms with E-state index in [2.05, 4.69) is 42.4 Å². The van der Waals surface area contributed by atoms with Crippen molar-refractivity contribution in [2.75, 3.05) is 13.6 Å². The minimum atomic E-state index is -0.253. The second-order valence-corrected chi connectivity index (χ2v) is 6.24. The van der Waals surface area contributed by atoms with Crippen LogP contribution < -0.4 is 4.74 Å². The quantitative estimate of drug-likeness (QED) is 0.720. The van der Waals surface area contributed by atoms with E-state index in [1.165, 1.54) is 16.7 Å². The van der Waals surface area contributed by atoms with Gasteiger partial charge in [0.25, 0.3) is 0 Å². The Bertz CT molecular complexity index is 674. The number of hydrogen-bond donors (Lipinski definition) is 0. The highest BCUT2D eigenvalue weighted by atomic mass is 35.5. The Morgan fingerprint density at radius 1 is 1.35 bits per heavy atom. The molecule has 3 heteroatoms. The van der Waals surface area contributed by atoms with Crippen molar-refractivity contribution in [3.63, 3.8) is 0 Å². The van der Waals surface area contributed by atoms with Crippen molar-refractivity contribution in [2.24, 2.45) is 0 Å². The number of fused-ring (bicyclic) bond motifs is 3. The number of rotatable bonds is 0. The summed E-state index contributed by atoms with van der Waals surface area (Å²) in [6.45, 7) is 0.877. The standard InChI is InChI=1S/C17H16ClNO/c1-19-10-13-4-2-3-5-15(13)17(11-19)9-12-6-7-14(18)8-16(12)20-17/h2-3,5-8,10H,4,9,11H2,1H3. The van der Waals surface area contributed by atoms with E-state index in [4.69, 9.17) is 16.3 Å². The van der Waals surface area contributed by atoms with Crippen LogP contribution in [-0.4, -0.2) is 24.1 Å². The Hall–Kier alpha value is -1.67. The minimum Gasteiger partial charge on any atom is -0.480 e. The van der Waals surface area contributed by atoms with Gasteiger partial charge >= 0.3 is 0 Å². The van der Waals surface area contributed by atoms with Gasteiger partial charge in [-0.3, -0.25) is 0 Å². The SMILES string of the molecule is CN1C=C2CC=CC=C2C2(Cc3ccc(Cl)cc3O2)C1. The Morgan fingerprint density at radius 3 is 3.15 bits per heavy atom. The van der Waals surface area contributed by atoms with E-state index in [9.17, 15) is 0 Å². The second kappa shape index (κ2) is 4.16. The first-order chi connectivity index (χ1) is 9.66. The molecule has 0 amide bonds. The van der Waals surface area contributed by atoms with Crippen LogP contribution in [0.5, 0.6) is 5.75 Å². The lowest BCUT2D eigenvalue weighted by Gasteiger charge is -2.41. The number of benzene rings is 1. The first-order valence-corrected chi connectivity index (χ1v) is 7.30. The van der Waals surface area contributed by atoms with E-state index in [0.717, 1.165) is 30.2 Å². The summed E-state index contributed by atoms with van der Waals surface area (Å²) in [5.41, 5.74) is 3.68. The van der Waals surface area contributed by atoms with Crippen molar-refractivity contribution in [3.05, 3.63) is 64.4 Å². The molecule has 0 saturated carbocycles. The van der Waals surface area contributed by atoms with Crippen LogP contribution in [0.3, 0.4) is 0 Å². The molecule has 1 aromatic carbocycles. The van der Waals surface area contributed by atoms with E-state index in [1.807, 2.05) is 12.1 Å². The number of hydrogen-bond acceptors (Lipinski definition) is 2. The molecule has 0 fully saturated rings. The molecule has 0 bridgehead atoms. The van der Waals surface area contributed by atoms with Crippen molar-refractivity contribution >= 4 is 11.6 Å². The van der Waals surface area contributed by atoms with Gasteiger partial charge in [0.1, 0.15) is 5.75 Å². The van der Waals surface area contributed by atoms with Crippen molar-refractivity contribution in [3.8, 4) is 5.75 Å². The summed E-state index contributed by atoms with van der Waals surface area (Å²) in [7, 11) is 2.11. The zero-order valence-corrected chi connectivity index (χ0v) is 12.2. The van der Waals surface area contributed by atoms with E-state index < -0.39 is 0 Å². The van der Waals surface area contributed by atoms with E-state index in [1.54, 1.807) is 0 Å². The van der Waals surface area contributed by atoms with Crippen LogP contribution >= 0.6 is 11.6 Å². The summed E-state index contributed by atoms with van der Waals surface area (Å²) in [6.07, 6.45) is 10.7. The van der Waals surface area contributed by atoms with Gasteiger partial charge in [0.15, 0.2) is 5.60 Å². The maximum Gasteiger partial charge on any atom is 0.156 e. The molecule has 2 nitrogen and oxygen atoms in total. The van der Waals surface area contributed by atoms with Gasteiger partial charge in [0, 0.05) is 30.3 Å². The van der Waals surface area contributed by atoms with Crippen molar-refractivity contribution < 1.29 is 4.74 Å². The first kappa shape index (κ1) is 12.1.